The van der Waals surface area contributed by atoms with Crippen LogP contribution >= 0.6 is 0 Å². The maximum Gasteiger partial charge on any atom is 0.254 e. The van der Waals surface area contributed by atoms with Crippen LogP contribution in [0.2, 0.25) is 0 Å². The highest BCUT2D eigenvalue weighted by atomic mass is 19.1. The van der Waals surface area contributed by atoms with Crippen LogP contribution in [0, 0.1) is 17.7 Å². The first kappa shape index (κ1) is 26.2. The maximum atomic E-state index is 14.8. The predicted octanol–water partition coefficient (Wildman–Crippen LogP) is 5.08. The number of hydrogen-bond donors (Lipinski definition) is 2. The number of fused-ring (bicyclic) bond motifs is 4. The fourth-order valence-electron chi connectivity index (χ4n) is 7.19. The number of amides is 1. The van der Waals surface area contributed by atoms with Crippen molar-refractivity contribution < 1.29 is 19.0 Å². The molecule has 3 fully saturated rings. The largest absolute Gasteiger partial charge is 0.505 e. The number of pyridine rings is 1. The minimum atomic E-state index is -0.689. The number of imidazole rings is 1. The number of carbonyl (C=O) groups is 1. The number of halogens is 1. The molecule has 1 amide bonds. The number of benzene rings is 2. The summed E-state index contributed by atoms with van der Waals surface area (Å²) in [6, 6.07) is 14.1. The maximum absolute atomic E-state index is 14.8. The number of aromatic nitrogens is 4. The van der Waals surface area contributed by atoms with Crippen molar-refractivity contribution in [3.05, 3.63) is 59.9 Å². The molecule has 3 atom stereocenters. The molecule has 3 N–H and O–H groups in total. The second-order valence-electron chi connectivity index (χ2n) is 12.3. The van der Waals surface area contributed by atoms with Gasteiger partial charge >= 0.3 is 0 Å². The Bertz CT molecular complexity index is 1940. The summed E-state index contributed by atoms with van der Waals surface area (Å²) >= 11 is 0. The summed E-state index contributed by atoms with van der Waals surface area (Å²) in [5.41, 5.74) is 10.7. The number of phenolic OH excluding ortho intramolecular Hbond substituents is 1. The Labute approximate surface area is 247 Å². The third kappa shape index (κ3) is 4.03. The Morgan fingerprint density at radius 1 is 1.12 bits per heavy atom. The van der Waals surface area contributed by atoms with Crippen LogP contribution < -0.4 is 10.5 Å². The molecule has 8 rings (SSSR count). The molecule has 3 aliphatic rings. The summed E-state index contributed by atoms with van der Waals surface area (Å²) in [7, 11) is 3.56. The molecule has 9 nitrogen and oxygen atoms in total. The van der Waals surface area contributed by atoms with E-state index < -0.39 is 11.6 Å². The van der Waals surface area contributed by atoms with Gasteiger partial charge in [0.2, 0.25) is 0 Å². The van der Waals surface area contributed by atoms with Crippen molar-refractivity contribution in [2.45, 2.75) is 44.3 Å². The Balaban J connectivity index is 1.25. The number of aryl methyl sites for hydroxylation is 1. The van der Waals surface area contributed by atoms with Crippen LogP contribution in [-0.4, -0.2) is 60.8 Å². The lowest BCUT2D eigenvalue weighted by molar-refractivity contribution is 0.0700. The number of rotatable bonds is 6. The third-order valence-electron chi connectivity index (χ3n) is 9.68. The van der Waals surface area contributed by atoms with Gasteiger partial charge in [0.05, 0.1) is 24.0 Å². The van der Waals surface area contributed by atoms with E-state index in [-0.39, 0.29) is 23.6 Å². The van der Waals surface area contributed by atoms with Gasteiger partial charge in [-0.2, -0.15) is 0 Å². The van der Waals surface area contributed by atoms with E-state index in [1.807, 2.05) is 34.7 Å². The molecule has 1 saturated heterocycles. The SMILES string of the molecule is COc1cc(C(=O)N2C[C@H]3CC[C@@H]2[C@@H]3N)cc2nc(-c3cc4ccc(-c5cccc(O)c5F)nc4n3CC3CC3)n(C)c12. The number of ether oxygens (including phenoxy) is 1. The molecule has 3 aromatic heterocycles. The zero-order valence-corrected chi connectivity index (χ0v) is 24.1. The van der Waals surface area contributed by atoms with Crippen LogP contribution in [-0.2, 0) is 13.6 Å². The molecule has 0 spiro atoms. The average molecular weight is 581 g/mol. The summed E-state index contributed by atoms with van der Waals surface area (Å²) < 4.78 is 24.8. The lowest BCUT2D eigenvalue weighted by Crippen LogP contribution is -2.41. The highest BCUT2D eigenvalue weighted by molar-refractivity contribution is 6.00. The fraction of sp³-hybridized carbons (Fsp3) is 0.364. The van der Waals surface area contributed by atoms with E-state index >= 15 is 0 Å². The van der Waals surface area contributed by atoms with E-state index in [1.165, 1.54) is 6.07 Å². The molecule has 2 saturated carbocycles. The number of nitrogens with two attached hydrogens (primary N) is 1. The monoisotopic (exact) mass is 580 g/mol. The molecule has 10 heteroatoms. The molecule has 220 valence electrons. The minimum absolute atomic E-state index is 0.0335. The van der Waals surface area contributed by atoms with E-state index in [0.717, 1.165) is 60.3 Å². The van der Waals surface area contributed by atoms with Gasteiger partial charge in [0, 0.05) is 48.7 Å². The second-order valence-corrected chi connectivity index (χ2v) is 12.3. The molecule has 5 aromatic rings. The minimum Gasteiger partial charge on any atom is -0.505 e. The van der Waals surface area contributed by atoms with Crippen molar-refractivity contribution in [1.29, 1.82) is 0 Å². The highest BCUT2D eigenvalue weighted by Crippen LogP contribution is 2.40. The lowest BCUT2D eigenvalue weighted by atomic mass is 10.1. The average Bonchev–Trinajstić information content (AvgIpc) is 3.42. The second kappa shape index (κ2) is 9.54. The summed E-state index contributed by atoms with van der Waals surface area (Å²) in [5, 5.41) is 10.9. The van der Waals surface area contributed by atoms with Crippen molar-refractivity contribution in [2.24, 2.45) is 24.6 Å². The van der Waals surface area contributed by atoms with Crippen molar-refractivity contribution in [2.75, 3.05) is 13.7 Å². The number of carbonyl (C=O) groups excluding carboxylic acids is 1. The summed E-state index contributed by atoms with van der Waals surface area (Å²) in [6.07, 6.45) is 4.31. The first-order valence-electron chi connectivity index (χ1n) is 14.9. The van der Waals surface area contributed by atoms with E-state index in [2.05, 4.69) is 10.6 Å². The van der Waals surface area contributed by atoms with Gasteiger partial charge < -0.3 is 29.6 Å². The van der Waals surface area contributed by atoms with E-state index in [0.29, 0.717) is 40.9 Å². The Kier molecular flexibility index (Phi) is 5.81. The molecule has 2 aliphatic carbocycles. The molecule has 0 radical (unpaired) electrons. The molecular formula is C33H33FN6O3. The number of piperidine rings is 1. The molecule has 43 heavy (non-hydrogen) atoms. The first-order chi connectivity index (χ1) is 20.8. The van der Waals surface area contributed by atoms with Crippen molar-refractivity contribution in [3.8, 4) is 34.3 Å². The quantitative estimate of drug-likeness (QED) is 0.290. The van der Waals surface area contributed by atoms with E-state index in [4.69, 9.17) is 20.4 Å². The Morgan fingerprint density at radius 2 is 1.95 bits per heavy atom. The fourth-order valence-corrected chi connectivity index (χ4v) is 7.19. The first-order valence-corrected chi connectivity index (χ1v) is 14.9. The molecule has 2 aromatic carbocycles. The normalized spacial score (nSPS) is 21.4. The molecule has 1 aliphatic heterocycles. The number of hydrogen-bond acceptors (Lipinski definition) is 6. The smallest absolute Gasteiger partial charge is 0.254 e. The van der Waals surface area contributed by atoms with Gasteiger partial charge in [-0.1, -0.05) is 6.07 Å². The van der Waals surface area contributed by atoms with Crippen LogP contribution in [0.1, 0.15) is 36.0 Å². The lowest BCUT2D eigenvalue weighted by Gasteiger charge is -2.27. The molecule has 0 unspecified atom stereocenters. The molecular weight excluding hydrogens is 547 g/mol. The summed E-state index contributed by atoms with van der Waals surface area (Å²) in [6.45, 7) is 1.46. The zero-order valence-electron chi connectivity index (χ0n) is 24.1. The summed E-state index contributed by atoms with van der Waals surface area (Å²) in [5.74, 6) is 1.09. The van der Waals surface area contributed by atoms with Crippen molar-refractivity contribution in [3.63, 3.8) is 0 Å². The van der Waals surface area contributed by atoms with Gasteiger partial charge in [-0.3, -0.25) is 4.79 Å². The van der Waals surface area contributed by atoms with Gasteiger partial charge in [0.1, 0.15) is 16.9 Å². The predicted molar refractivity (Wildman–Crippen MR) is 161 cm³/mol. The number of methoxy groups -OCH3 is 1. The van der Waals surface area contributed by atoms with Gasteiger partial charge in [0.15, 0.2) is 17.4 Å². The van der Waals surface area contributed by atoms with Gasteiger partial charge in [-0.15, -0.1) is 0 Å². The van der Waals surface area contributed by atoms with E-state index in [1.54, 1.807) is 25.3 Å². The Morgan fingerprint density at radius 3 is 2.67 bits per heavy atom. The van der Waals surface area contributed by atoms with Crippen LogP contribution in [0.25, 0.3) is 44.8 Å². The zero-order chi connectivity index (χ0) is 29.6. The van der Waals surface area contributed by atoms with Crippen LogP contribution in [0.5, 0.6) is 11.5 Å². The standard InChI is InChI=1S/C33H33FN6O3/c1-38-30-23(12-20(14-27(30)43-2)33(42)40-16-19-9-11-24(40)29(19)35)37-32(38)25-13-18-8-10-22(21-4-3-5-26(41)28(21)34)36-31(18)39(25)15-17-6-7-17/h3-5,8,10,12-14,17,19,24,29,41H,6-7,9,11,15-16,35H2,1-2H3/t19-,24-,29-/m1/s1. The van der Waals surface area contributed by atoms with Gasteiger partial charge in [-0.25, -0.2) is 14.4 Å². The summed E-state index contributed by atoms with van der Waals surface area (Å²) in [4.78, 5) is 25.5. The van der Waals surface area contributed by atoms with Crippen LogP contribution in [0.3, 0.4) is 0 Å². The van der Waals surface area contributed by atoms with Gasteiger partial charge in [0.25, 0.3) is 5.91 Å². The van der Waals surface area contributed by atoms with Crippen molar-refractivity contribution >= 4 is 28.0 Å². The Hall–Kier alpha value is -4.44. The number of nitrogens with zero attached hydrogens (tertiary/aromatic N) is 5. The van der Waals surface area contributed by atoms with Crippen LogP contribution in [0.15, 0.2) is 48.5 Å². The van der Waals surface area contributed by atoms with Crippen LogP contribution in [0.4, 0.5) is 4.39 Å². The third-order valence-corrected chi connectivity index (χ3v) is 9.68. The number of phenols is 1. The number of likely N-dealkylation sites (tertiary alicyclic amines) is 1. The molecule has 2 bridgehead atoms. The van der Waals surface area contributed by atoms with Gasteiger partial charge in [-0.05, 0) is 80.0 Å². The van der Waals surface area contributed by atoms with E-state index in [9.17, 15) is 14.3 Å². The molecule has 4 heterocycles. The van der Waals surface area contributed by atoms with Crippen molar-refractivity contribution in [1.82, 2.24) is 24.0 Å². The topological polar surface area (TPSA) is 111 Å². The highest BCUT2D eigenvalue weighted by Gasteiger charge is 2.47. The number of aromatic hydroxyl groups is 1.